The van der Waals surface area contributed by atoms with Crippen molar-refractivity contribution in [2.45, 2.75) is 20.0 Å². The Morgan fingerprint density at radius 1 is 1.18 bits per heavy atom. The average Bonchev–Trinajstić information content (AvgIpc) is 2.79. The van der Waals surface area contributed by atoms with Gasteiger partial charge in [0.25, 0.3) is 5.69 Å². The Labute approximate surface area is 204 Å². The van der Waals surface area contributed by atoms with E-state index < -0.39 is 10.8 Å². The van der Waals surface area contributed by atoms with Gasteiger partial charge in [0.05, 0.1) is 28.2 Å². The van der Waals surface area contributed by atoms with Crippen molar-refractivity contribution in [2.24, 2.45) is 5.10 Å². The molecule has 0 saturated carbocycles. The SMILES string of the molecule is COc1cc(/C=N/NC(=O)Cc2ccccc2[N+](=O)[O-])cc(I)c1OCc1ccc(C)cc1. The molecule has 8 nitrogen and oxygen atoms in total. The van der Waals surface area contributed by atoms with Crippen molar-refractivity contribution < 1.29 is 19.2 Å². The van der Waals surface area contributed by atoms with Gasteiger partial charge in [-0.3, -0.25) is 14.9 Å². The average molecular weight is 559 g/mol. The number of hydrogen-bond donors (Lipinski definition) is 1. The molecule has 0 aromatic heterocycles. The third-order valence-corrected chi connectivity index (χ3v) is 5.50. The number of amides is 1. The summed E-state index contributed by atoms with van der Waals surface area (Å²) in [4.78, 5) is 22.7. The molecule has 1 N–H and O–H groups in total. The maximum Gasteiger partial charge on any atom is 0.273 e. The number of nitrogens with zero attached hydrogens (tertiary/aromatic N) is 2. The van der Waals surface area contributed by atoms with Gasteiger partial charge in [0.15, 0.2) is 11.5 Å². The first-order valence-corrected chi connectivity index (χ1v) is 11.1. The number of methoxy groups -OCH3 is 1. The van der Waals surface area contributed by atoms with Crippen LogP contribution < -0.4 is 14.9 Å². The van der Waals surface area contributed by atoms with E-state index in [0.29, 0.717) is 29.2 Å². The van der Waals surface area contributed by atoms with E-state index in [9.17, 15) is 14.9 Å². The van der Waals surface area contributed by atoms with Crippen molar-refractivity contribution in [2.75, 3.05) is 7.11 Å². The Bertz CT molecular complexity index is 1180. The third-order valence-electron chi connectivity index (χ3n) is 4.70. The molecule has 0 unspecified atom stereocenters. The smallest absolute Gasteiger partial charge is 0.273 e. The van der Waals surface area contributed by atoms with Crippen LogP contribution in [0.1, 0.15) is 22.3 Å². The van der Waals surface area contributed by atoms with E-state index in [4.69, 9.17) is 9.47 Å². The van der Waals surface area contributed by atoms with Crippen molar-refractivity contribution in [1.29, 1.82) is 0 Å². The van der Waals surface area contributed by atoms with Crippen LogP contribution in [-0.4, -0.2) is 24.2 Å². The standard InChI is InChI=1S/C24H22IN3O5/c1-16-7-9-17(10-8-16)15-33-24-20(25)11-18(12-22(24)32-2)14-26-27-23(29)13-19-5-3-4-6-21(19)28(30)31/h3-12,14H,13,15H2,1-2H3,(H,27,29)/b26-14+. The van der Waals surface area contributed by atoms with Gasteiger partial charge in [-0.25, -0.2) is 5.43 Å². The number of nitro groups is 1. The van der Waals surface area contributed by atoms with Crippen LogP contribution in [0.25, 0.3) is 0 Å². The summed E-state index contributed by atoms with van der Waals surface area (Å²) < 4.78 is 12.3. The number of carbonyl (C=O) groups excluding carboxylic acids is 1. The summed E-state index contributed by atoms with van der Waals surface area (Å²) in [5.74, 6) is 0.707. The molecule has 0 fully saturated rings. The van der Waals surface area contributed by atoms with Gasteiger partial charge in [0.2, 0.25) is 5.91 Å². The first-order valence-electron chi connectivity index (χ1n) is 9.97. The lowest BCUT2D eigenvalue weighted by atomic mass is 10.1. The maximum atomic E-state index is 12.2. The number of benzene rings is 3. The molecule has 0 heterocycles. The lowest BCUT2D eigenvalue weighted by molar-refractivity contribution is -0.385. The molecule has 33 heavy (non-hydrogen) atoms. The summed E-state index contributed by atoms with van der Waals surface area (Å²) in [6.45, 7) is 2.44. The van der Waals surface area contributed by atoms with Crippen LogP contribution >= 0.6 is 22.6 Å². The van der Waals surface area contributed by atoms with E-state index >= 15 is 0 Å². The summed E-state index contributed by atoms with van der Waals surface area (Å²) in [6, 6.07) is 17.8. The second kappa shape index (κ2) is 11.4. The van der Waals surface area contributed by atoms with Gasteiger partial charge in [-0.05, 0) is 52.8 Å². The predicted molar refractivity (Wildman–Crippen MR) is 134 cm³/mol. The van der Waals surface area contributed by atoms with Crippen LogP contribution in [0.2, 0.25) is 0 Å². The molecular formula is C24H22IN3O5. The molecule has 3 rings (SSSR count). The zero-order chi connectivity index (χ0) is 23.8. The molecule has 0 radical (unpaired) electrons. The Kier molecular flexibility index (Phi) is 8.36. The summed E-state index contributed by atoms with van der Waals surface area (Å²) in [7, 11) is 1.56. The van der Waals surface area contributed by atoms with Crippen LogP contribution in [0.3, 0.4) is 0 Å². The molecule has 170 valence electrons. The van der Waals surface area contributed by atoms with Gasteiger partial charge in [-0.2, -0.15) is 5.10 Å². The minimum Gasteiger partial charge on any atom is -0.493 e. The van der Waals surface area contributed by atoms with E-state index in [1.807, 2.05) is 37.3 Å². The highest BCUT2D eigenvalue weighted by molar-refractivity contribution is 14.1. The van der Waals surface area contributed by atoms with Gasteiger partial charge < -0.3 is 9.47 Å². The number of rotatable bonds is 9. The molecule has 0 spiro atoms. The van der Waals surface area contributed by atoms with Crippen molar-refractivity contribution in [3.05, 3.63) is 96.6 Å². The normalized spacial score (nSPS) is 10.8. The zero-order valence-electron chi connectivity index (χ0n) is 18.1. The number of carbonyl (C=O) groups is 1. The Morgan fingerprint density at radius 3 is 2.61 bits per heavy atom. The van der Waals surface area contributed by atoms with Crippen LogP contribution in [-0.2, 0) is 17.8 Å². The van der Waals surface area contributed by atoms with E-state index in [-0.39, 0.29) is 12.1 Å². The fraction of sp³-hybridized carbons (Fsp3) is 0.167. The van der Waals surface area contributed by atoms with Gasteiger partial charge in [0.1, 0.15) is 6.61 Å². The fourth-order valence-electron chi connectivity index (χ4n) is 3.02. The van der Waals surface area contributed by atoms with Gasteiger partial charge in [0, 0.05) is 11.6 Å². The minimum atomic E-state index is -0.511. The molecule has 0 aliphatic carbocycles. The number of nitrogens with one attached hydrogen (secondary N) is 1. The number of para-hydroxylation sites is 1. The van der Waals surface area contributed by atoms with Crippen LogP contribution in [0.5, 0.6) is 11.5 Å². The molecule has 3 aromatic carbocycles. The lowest BCUT2D eigenvalue weighted by Crippen LogP contribution is -2.20. The van der Waals surface area contributed by atoms with Crippen molar-refractivity contribution in [3.63, 3.8) is 0 Å². The number of aryl methyl sites for hydroxylation is 1. The predicted octanol–water partition coefficient (Wildman–Crippen LogP) is 4.79. The first-order chi connectivity index (χ1) is 15.9. The molecule has 0 saturated heterocycles. The monoisotopic (exact) mass is 559 g/mol. The highest BCUT2D eigenvalue weighted by Crippen LogP contribution is 2.34. The first kappa shape index (κ1) is 24.2. The van der Waals surface area contributed by atoms with E-state index in [1.165, 1.54) is 17.8 Å². The molecule has 0 aliphatic rings. The second-order valence-corrected chi connectivity index (χ2v) is 8.33. The highest BCUT2D eigenvalue weighted by atomic mass is 127. The van der Waals surface area contributed by atoms with E-state index in [1.54, 1.807) is 31.4 Å². The van der Waals surface area contributed by atoms with Crippen molar-refractivity contribution in [3.8, 4) is 11.5 Å². The Balaban J connectivity index is 1.65. The van der Waals surface area contributed by atoms with Crippen LogP contribution in [0.15, 0.2) is 65.8 Å². The number of nitro benzene ring substituents is 1. The quantitative estimate of drug-likeness (QED) is 0.176. The summed E-state index contributed by atoms with van der Waals surface area (Å²) in [6.07, 6.45) is 1.33. The van der Waals surface area contributed by atoms with Crippen molar-refractivity contribution >= 4 is 40.4 Å². The zero-order valence-corrected chi connectivity index (χ0v) is 20.2. The number of ether oxygens (including phenoxy) is 2. The Morgan fingerprint density at radius 2 is 1.91 bits per heavy atom. The highest BCUT2D eigenvalue weighted by Gasteiger charge is 2.15. The summed E-state index contributed by atoms with van der Waals surface area (Å²) in [5.41, 5.74) is 5.55. The van der Waals surface area contributed by atoms with E-state index in [2.05, 4.69) is 33.1 Å². The molecule has 9 heteroatoms. The Hall–Kier alpha value is -3.47. The molecule has 3 aromatic rings. The number of halogens is 1. The second-order valence-electron chi connectivity index (χ2n) is 7.16. The van der Waals surface area contributed by atoms with Crippen molar-refractivity contribution in [1.82, 2.24) is 5.43 Å². The largest absolute Gasteiger partial charge is 0.493 e. The summed E-state index contributed by atoms with van der Waals surface area (Å²) >= 11 is 2.16. The van der Waals surface area contributed by atoms with Gasteiger partial charge in [-0.15, -0.1) is 0 Å². The molecule has 0 bridgehead atoms. The molecule has 0 atom stereocenters. The van der Waals surface area contributed by atoms with Gasteiger partial charge in [-0.1, -0.05) is 48.0 Å². The van der Waals surface area contributed by atoms with Crippen LogP contribution in [0, 0.1) is 20.6 Å². The molecule has 1 amide bonds. The molecular weight excluding hydrogens is 537 g/mol. The third kappa shape index (κ3) is 6.75. The van der Waals surface area contributed by atoms with E-state index in [0.717, 1.165) is 9.13 Å². The molecule has 0 aliphatic heterocycles. The number of hydrazone groups is 1. The number of hydrogen-bond acceptors (Lipinski definition) is 6. The van der Waals surface area contributed by atoms with Gasteiger partial charge >= 0.3 is 0 Å². The van der Waals surface area contributed by atoms with Crippen LogP contribution in [0.4, 0.5) is 5.69 Å². The maximum absolute atomic E-state index is 12.2. The fourth-order valence-corrected chi connectivity index (χ4v) is 3.81. The topological polar surface area (TPSA) is 103 Å². The minimum absolute atomic E-state index is 0.0999. The lowest BCUT2D eigenvalue weighted by Gasteiger charge is -2.13. The summed E-state index contributed by atoms with van der Waals surface area (Å²) in [5, 5.41) is 15.1.